The van der Waals surface area contributed by atoms with Gasteiger partial charge in [0.25, 0.3) is 5.91 Å². The highest BCUT2D eigenvalue weighted by atomic mass is 16.2. The van der Waals surface area contributed by atoms with Crippen molar-refractivity contribution in [1.29, 1.82) is 0 Å². The molecule has 2 aromatic rings. The van der Waals surface area contributed by atoms with E-state index in [4.69, 9.17) is 0 Å². The monoisotopic (exact) mass is 308 g/mol. The van der Waals surface area contributed by atoms with Crippen LogP contribution in [-0.2, 0) is 11.2 Å². The Bertz CT molecular complexity index is 781. The molecule has 118 valence electrons. The Hall–Kier alpha value is -2.62. The Kier molecular flexibility index (Phi) is 4.15. The standard InChI is InChI=1S/C19H20N2O2/c1-12-5-3-7-16(13(12)2)21-19(23)15-9-10-17-14(11-15)6-4-8-18(22)20-17/h3,5,7,9-11H,4,6,8H2,1-2H3,(H,20,22)(H,21,23). The van der Waals surface area contributed by atoms with Gasteiger partial charge in [-0.3, -0.25) is 9.59 Å². The van der Waals surface area contributed by atoms with Crippen LogP contribution < -0.4 is 10.6 Å². The second-order valence-electron chi connectivity index (χ2n) is 5.98. The van der Waals surface area contributed by atoms with Gasteiger partial charge in [0.15, 0.2) is 0 Å². The van der Waals surface area contributed by atoms with Gasteiger partial charge >= 0.3 is 0 Å². The Balaban J connectivity index is 1.84. The molecule has 0 fully saturated rings. The van der Waals surface area contributed by atoms with Crippen molar-refractivity contribution in [2.75, 3.05) is 10.6 Å². The largest absolute Gasteiger partial charge is 0.326 e. The maximum Gasteiger partial charge on any atom is 0.255 e. The molecule has 0 atom stereocenters. The summed E-state index contributed by atoms with van der Waals surface area (Å²) in [6.45, 7) is 4.02. The number of hydrogen-bond donors (Lipinski definition) is 2. The molecule has 0 unspecified atom stereocenters. The minimum atomic E-state index is -0.128. The van der Waals surface area contributed by atoms with Gasteiger partial charge in [0, 0.05) is 23.4 Å². The average Bonchev–Trinajstić information content (AvgIpc) is 2.71. The topological polar surface area (TPSA) is 58.2 Å². The van der Waals surface area contributed by atoms with Crippen molar-refractivity contribution >= 4 is 23.2 Å². The van der Waals surface area contributed by atoms with Crippen LogP contribution in [0.3, 0.4) is 0 Å². The van der Waals surface area contributed by atoms with E-state index in [1.807, 2.05) is 44.2 Å². The fourth-order valence-corrected chi connectivity index (χ4v) is 2.80. The van der Waals surface area contributed by atoms with E-state index in [1.54, 1.807) is 6.07 Å². The smallest absolute Gasteiger partial charge is 0.255 e. The first-order valence-corrected chi connectivity index (χ1v) is 7.85. The third kappa shape index (κ3) is 3.26. The van der Waals surface area contributed by atoms with E-state index in [0.29, 0.717) is 12.0 Å². The zero-order chi connectivity index (χ0) is 16.4. The number of amides is 2. The fourth-order valence-electron chi connectivity index (χ4n) is 2.80. The van der Waals surface area contributed by atoms with Gasteiger partial charge in [0.05, 0.1) is 0 Å². The fraction of sp³-hybridized carbons (Fsp3) is 0.263. The minimum Gasteiger partial charge on any atom is -0.326 e. The molecule has 1 heterocycles. The molecule has 2 amide bonds. The predicted molar refractivity (Wildman–Crippen MR) is 91.9 cm³/mol. The summed E-state index contributed by atoms with van der Waals surface area (Å²) in [5.74, 6) is -0.0894. The molecule has 23 heavy (non-hydrogen) atoms. The number of benzene rings is 2. The number of carbonyl (C=O) groups excluding carboxylic acids is 2. The Morgan fingerprint density at radius 3 is 2.78 bits per heavy atom. The average molecular weight is 308 g/mol. The van der Waals surface area contributed by atoms with Crippen LogP contribution in [0.1, 0.15) is 39.9 Å². The first-order chi connectivity index (χ1) is 11.0. The summed E-state index contributed by atoms with van der Waals surface area (Å²) in [4.78, 5) is 24.1. The van der Waals surface area contributed by atoms with Gasteiger partial charge in [-0.05, 0) is 67.6 Å². The highest BCUT2D eigenvalue weighted by molar-refractivity contribution is 6.05. The molecule has 0 bridgehead atoms. The number of fused-ring (bicyclic) bond motifs is 1. The van der Waals surface area contributed by atoms with Crippen molar-refractivity contribution in [2.45, 2.75) is 33.1 Å². The second-order valence-corrected chi connectivity index (χ2v) is 5.98. The normalized spacial score (nSPS) is 13.7. The van der Waals surface area contributed by atoms with Gasteiger partial charge < -0.3 is 10.6 Å². The van der Waals surface area contributed by atoms with Gasteiger partial charge in [0.2, 0.25) is 5.91 Å². The van der Waals surface area contributed by atoms with Crippen molar-refractivity contribution in [3.63, 3.8) is 0 Å². The van der Waals surface area contributed by atoms with Crippen molar-refractivity contribution in [2.24, 2.45) is 0 Å². The van der Waals surface area contributed by atoms with Crippen molar-refractivity contribution in [3.05, 3.63) is 58.7 Å². The van der Waals surface area contributed by atoms with Crippen LogP contribution in [-0.4, -0.2) is 11.8 Å². The highest BCUT2D eigenvalue weighted by Gasteiger charge is 2.15. The first kappa shape index (κ1) is 15.3. The Morgan fingerprint density at radius 1 is 1.13 bits per heavy atom. The first-order valence-electron chi connectivity index (χ1n) is 7.85. The van der Waals surface area contributed by atoms with E-state index in [1.165, 1.54) is 0 Å². The van der Waals surface area contributed by atoms with Crippen molar-refractivity contribution in [1.82, 2.24) is 0 Å². The maximum absolute atomic E-state index is 12.5. The third-order valence-electron chi connectivity index (χ3n) is 4.34. The number of carbonyl (C=O) groups is 2. The number of rotatable bonds is 2. The lowest BCUT2D eigenvalue weighted by atomic mass is 10.0. The summed E-state index contributed by atoms with van der Waals surface area (Å²) in [5, 5.41) is 5.86. The molecule has 4 heteroatoms. The molecule has 1 aliphatic rings. The summed E-state index contributed by atoms with van der Waals surface area (Å²) >= 11 is 0. The van der Waals surface area contributed by atoms with Crippen LogP contribution in [0.15, 0.2) is 36.4 Å². The molecule has 0 aromatic heterocycles. The summed E-state index contributed by atoms with van der Waals surface area (Å²) in [5.41, 5.74) is 5.50. The molecule has 0 saturated heterocycles. The summed E-state index contributed by atoms with van der Waals surface area (Å²) < 4.78 is 0. The molecule has 4 nitrogen and oxygen atoms in total. The molecule has 0 saturated carbocycles. The molecule has 0 aliphatic carbocycles. The van der Waals surface area contributed by atoms with Crippen LogP contribution >= 0.6 is 0 Å². The summed E-state index contributed by atoms with van der Waals surface area (Å²) in [6, 6.07) is 11.3. The van der Waals surface area contributed by atoms with Gasteiger partial charge in [-0.2, -0.15) is 0 Å². The molecule has 3 rings (SSSR count). The Morgan fingerprint density at radius 2 is 1.96 bits per heavy atom. The summed E-state index contributed by atoms with van der Waals surface area (Å²) in [6.07, 6.45) is 2.14. The van der Waals surface area contributed by atoms with E-state index in [0.717, 1.165) is 40.9 Å². The predicted octanol–water partition coefficient (Wildman–Crippen LogP) is 3.83. The molecule has 0 spiro atoms. The maximum atomic E-state index is 12.5. The van der Waals surface area contributed by atoms with Crippen molar-refractivity contribution < 1.29 is 9.59 Å². The number of aryl methyl sites for hydroxylation is 2. The van der Waals surface area contributed by atoms with E-state index in [9.17, 15) is 9.59 Å². The van der Waals surface area contributed by atoms with Crippen LogP contribution in [0.4, 0.5) is 11.4 Å². The molecule has 0 radical (unpaired) electrons. The SMILES string of the molecule is Cc1cccc(NC(=O)c2ccc3c(c2)CCCC(=O)N3)c1C. The molecule has 1 aliphatic heterocycles. The van der Waals surface area contributed by atoms with E-state index >= 15 is 0 Å². The summed E-state index contributed by atoms with van der Waals surface area (Å²) in [7, 11) is 0. The molecular weight excluding hydrogens is 288 g/mol. The lowest BCUT2D eigenvalue weighted by Gasteiger charge is -2.12. The zero-order valence-electron chi connectivity index (χ0n) is 13.4. The van der Waals surface area contributed by atoms with E-state index in [-0.39, 0.29) is 11.8 Å². The van der Waals surface area contributed by atoms with Gasteiger partial charge in [-0.25, -0.2) is 0 Å². The van der Waals surface area contributed by atoms with Gasteiger partial charge in [-0.1, -0.05) is 12.1 Å². The highest BCUT2D eigenvalue weighted by Crippen LogP contribution is 2.24. The molecule has 2 aromatic carbocycles. The Labute approximate surface area is 135 Å². The second kappa shape index (κ2) is 6.24. The minimum absolute atomic E-state index is 0.0383. The lowest BCUT2D eigenvalue weighted by molar-refractivity contribution is -0.116. The molecule has 2 N–H and O–H groups in total. The number of anilines is 2. The lowest BCUT2D eigenvalue weighted by Crippen LogP contribution is -2.14. The number of hydrogen-bond acceptors (Lipinski definition) is 2. The van der Waals surface area contributed by atoms with Crippen LogP contribution in [0, 0.1) is 13.8 Å². The molecular formula is C19H20N2O2. The zero-order valence-corrected chi connectivity index (χ0v) is 13.4. The van der Waals surface area contributed by atoms with E-state index in [2.05, 4.69) is 10.6 Å². The van der Waals surface area contributed by atoms with Crippen LogP contribution in [0.25, 0.3) is 0 Å². The third-order valence-corrected chi connectivity index (χ3v) is 4.34. The van der Waals surface area contributed by atoms with Crippen LogP contribution in [0.5, 0.6) is 0 Å². The van der Waals surface area contributed by atoms with Crippen molar-refractivity contribution in [3.8, 4) is 0 Å². The quantitative estimate of drug-likeness (QED) is 0.886. The van der Waals surface area contributed by atoms with E-state index < -0.39 is 0 Å². The van der Waals surface area contributed by atoms with Crippen LogP contribution in [0.2, 0.25) is 0 Å². The number of nitrogens with one attached hydrogen (secondary N) is 2. The van der Waals surface area contributed by atoms with Gasteiger partial charge in [0.1, 0.15) is 0 Å². The van der Waals surface area contributed by atoms with Gasteiger partial charge in [-0.15, -0.1) is 0 Å².